The molecule has 1 aliphatic carbocycles. The van der Waals surface area contributed by atoms with Crippen LogP contribution in [0.2, 0.25) is 0 Å². The van der Waals surface area contributed by atoms with Crippen LogP contribution in [-0.2, 0) is 9.59 Å². The number of anilines is 1. The normalized spacial score (nSPS) is 20.4. The van der Waals surface area contributed by atoms with Gasteiger partial charge in [0.05, 0.1) is 17.3 Å². The second kappa shape index (κ2) is 4.17. The zero-order chi connectivity index (χ0) is 14.3. The number of nitrogens with zero attached hydrogens (tertiary/aromatic N) is 2. The van der Waals surface area contributed by atoms with Gasteiger partial charge in [0.1, 0.15) is 5.41 Å². The number of urea groups is 1. The van der Waals surface area contributed by atoms with E-state index < -0.39 is 23.3 Å². The number of carbonyl (C=O) groups is 3. The third-order valence-electron chi connectivity index (χ3n) is 3.93. The summed E-state index contributed by atoms with van der Waals surface area (Å²) in [6, 6.07) is 7.34. The van der Waals surface area contributed by atoms with Gasteiger partial charge in [0, 0.05) is 0 Å². The van der Waals surface area contributed by atoms with E-state index in [1.54, 1.807) is 0 Å². The Kier molecular flexibility index (Phi) is 2.57. The van der Waals surface area contributed by atoms with Crippen LogP contribution in [0.15, 0.2) is 24.3 Å². The summed E-state index contributed by atoms with van der Waals surface area (Å²) in [6.45, 7) is 0. The third-order valence-corrected chi connectivity index (χ3v) is 3.93. The fraction of sp³-hybridized carbons (Fsp3) is 0.286. The average Bonchev–Trinajstić information content (AvgIpc) is 2.37. The van der Waals surface area contributed by atoms with Crippen molar-refractivity contribution in [2.75, 3.05) is 4.90 Å². The molecule has 2 fully saturated rings. The summed E-state index contributed by atoms with van der Waals surface area (Å²) in [7, 11) is 0. The number of carbonyl (C=O) groups excluding carboxylic acids is 3. The van der Waals surface area contributed by atoms with E-state index in [0.29, 0.717) is 24.1 Å². The number of nitriles is 1. The van der Waals surface area contributed by atoms with E-state index in [0.717, 1.165) is 11.3 Å². The number of barbiturate groups is 1. The van der Waals surface area contributed by atoms with E-state index in [-0.39, 0.29) is 0 Å². The van der Waals surface area contributed by atoms with Crippen LogP contribution < -0.4 is 10.2 Å². The first-order valence-corrected chi connectivity index (χ1v) is 6.29. The van der Waals surface area contributed by atoms with Gasteiger partial charge in [-0.05, 0) is 37.1 Å². The molecule has 1 saturated carbocycles. The summed E-state index contributed by atoms with van der Waals surface area (Å²) in [5.41, 5.74) is -0.278. The van der Waals surface area contributed by atoms with Crippen LogP contribution in [0.1, 0.15) is 24.8 Å². The van der Waals surface area contributed by atoms with Crippen molar-refractivity contribution in [1.82, 2.24) is 5.32 Å². The highest BCUT2D eigenvalue weighted by Gasteiger charge is 2.57. The molecule has 4 amide bonds. The molecule has 0 bridgehead atoms. The average molecular weight is 269 g/mol. The van der Waals surface area contributed by atoms with Crippen molar-refractivity contribution in [1.29, 1.82) is 5.26 Å². The number of rotatable bonds is 1. The van der Waals surface area contributed by atoms with E-state index in [4.69, 9.17) is 5.26 Å². The van der Waals surface area contributed by atoms with Crippen LogP contribution in [-0.4, -0.2) is 17.8 Å². The molecule has 0 atom stereocenters. The van der Waals surface area contributed by atoms with E-state index >= 15 is 0 Å². The van der Waals surface area contributed by atoms with E-state index in [2.05, 4.69) is 5.32 Å². The fourth-order valence-corrected chi connectivity index (χ4v) is 2.57. The maximum Gasteiger partial charge on any atom is 0.335 e. The maximum absolute atomic E-state index is 12.5. The Bertz CT molecular complexity index is 653. The molecule has 0 aromatic heterocycles. The molecule has 1 spiro atoms. The van der Waals surface area contributed by atoms with Gasteiger partial charge in [-0.25, -0.2) is 9.69 Å². The van der Waals surface area contributed by atoms with Crippen molar-refractivity contribution in [3.8, 4) is 6.07 Å². The number of nitrogens with one attached hydrogen (secondary N) is 1. The smallest absolute Gasteiger partial charge is 0.276 e. The first-order chi connectivity index (χ1) is 9.58. The van der Waals surface area contributed by atoms with Crippen LogP contribution in [0.3, 0.4) is 0 Å². The summed E-state index contributed by atoms with van der Waals surface area (Å²) in [5, 5.41) is 11.0. The van der Waals surface area contributed by atoms with E-state index in [9.17, 15) is 14.4 Å². The van der Waals surface area contributed by atoms with Crippen molar-refractivity contribution in [2.45, 2.75) is 19.3 Å². The van der Waals surface area contributed by atoms with Crippen molar-refractivity contribution >= 4 is 23.5 Å². The Balaban J connectivity index is 1.99. The van der Waals surface area contributed by atoms with Crippen LogP contribution in [0.5, 0.6) is 0 Å². The maximum atomic E-state index is 12.5. The predicted molar refractivity (Wildman–Crippen MR) is 68.5 cm³/mol. The fourth-order valence-electron chi connectivity index (χ4n) is 2.57. The van der Waals surface area contributed by atoms with Gasteiger partial charge in [0.25, 0.3) is 5.91 Å². The Labute approximate surface area is 115 Å². The minimum Gasteiger partial charge on any atom is -0.276 e. The number of hydrogen-bond acceptors (Lipinski definition) is 4. The standard InChI is InChI=1S/C14H11N3O3/c15-8-9-2-4-10(5-3-9)17-12(19)14(6-1-7-14)11(18)16-13(17)20/h2-5H,1,6-7H2,(H,16,18,20). The molecule has 1 saturated heterocycles. The van der Waals surface area contributed by atoms with Crippen LogP contribution >= 0.6 is 0 Å². The number of benzene rings is 1. The molecule has 1 aliphatic heterocycles. The third kappa shape index (κ3) is 1.53. The molecule has 2 aliphatic rings. The molecule has 0 unspecified atom stereocenters. The van der Waals surface area contributed by atoms with Crippen molar-refractivity contribution in [2.24, 2.45) is 5.41 Å². The van der Waals surface area contributed by atoms with Gasteiger partial charge in [-0.15, -0.1) is 0 Å². The first-order valence-electron chi connectivity index (χ1n) is 6.29. The zero-order valence-electron chi connectivity index (χ0n) is 10.5. The van der Waals surface area contributed by atoms with Crippen molar-refractivity contribution in [3.05, 3.63) is 29.8 Å². The number of imide groups is 2. The summed E-state index contributed by atoms with van der Waals surface area (Å²) < 4.78 is 0. The van der Waals surface area contributed by atoms with Gasteiger partial charge in [-0.3, -0.25) is 14.9 Å². The van der Waals surface area contributed by atoms with Crippen molar-refractivity contribution < 1.29 is 14.4 Å². The SMILES string of the molecule is N#Cc1ccc(N2C(=O)NC(=O)C3(CCC3)C2=O)cc1. The lowest BCUT2D eigenvalue weighted by Crippen LogP contribution is -2.66. The molecule has 6 heteroatoms. The molecule has 0 radical (unpaired) electrons. The highest BCUT2D eigenvalue weighted by atomic mass is 16.2. The lowest BCUT2D eigenvalue weighted by molar-refractivity contribution is -0.148. The molecular formula is C14H11N3O3. The molecule has 20 heavy (non-hydrogen) atoms. The molecule has 100 valence electrons. The van der Waals surface area contributed by atoms with Gasteiger partial charge >= 0.3 is 6.03 Å². The van der Waals surface area contributed by atoms with Gasteiger partial charge < -0.3 is 0 Å². The number of hydrogen-bond donors (Lipinski definition) is 1. The van der Waals surface area contributed by atoms with Gasteiger partial charge in [0.15, 0.2) is 0 Å². The lowest BCUT2D eigenvalue weighted by Gasteiger charge is -2.44. The molecule has 1 aromatic carbocycles. The summed E-state index contributed by atoms with van der Waals surface area (Å²) in [5.74, 6) is -0.967. The monoisotopic (exact) mass is 269 g/mol. The van der Waals surface area contributed by atoms with Crippen LogP contribution in [0.25, 0.3) is 0 Å². The second-order valence-corrected chi connectivity index (χ2v) is 4.99. The Morgan fingerprint density at radius 2 is 1.80 bits per heavy atom. The molecule has 6 nitrogen and oxygen atoms in total. The first kappa shape index (κ1) is 12.4. The Morgan fingerprint density at radius 1 is 1.15 bits per heavy atom. The van der Waals surface area contributed by atoms with Gasteiger partial charge in [0.2, 0.25) is 5.91 Å². The predicted octanol–water partition coefficient (Wildman–Crippen LogP) is 1.31. The molecular weight excluding hydrogens is 258 g/mol. The van der Waals surface area contributed by atoms with E-state index in [1.165, 1.54) is 24.3 Å². The summed E-state index contributed by atoms with van der Waals surface area (Å²) >= 11 is 0. The minimum atomic E-state index is -1.08. The minimum absolute atomic E-state index is 0.366. The molecule has 1 aromatic rings. The van der Waals surface area contributed by atoms with Gasteiger partial charge in [-0.1, -0.05) is 6.42 Å². The van der Waals surface area contributed by atoms with Crippen LogP contribution in [0, 0.1) is 16.7 Å². The quantitative estimate of drug-likeness (QED) is 0.778. The Morgan fingerprint density at radius 3 is 2.30 bits per heavy atom. The molecule has 3 rings (SSSR count). The topological polar surface area (TPSA) is 90.3 Å². The summed E-state index contributed by atoms with van der Waals surface area (Å²) in [6.07, 6.45) is 1.74. The zero-order valence-corrected chi connectivity index (χ0v) is 10.5. The van der Waals surface area contributed by atoms with E-state index in [1.807, 2.05) is 6.07 Å². The van der Waals surface area contributed by atoms with Crippen LogP contribution in [0.4, 0.5) is 10.5 Å². The number of amides is 4. The van der Waals surface area contributed by atoms with Gasteiger partial charge in [-0.2, -0.15) is 5.26 Å². The molecule has 1 N–H and O–H groups in total. The Hall–Kier alpha value is -2.68. The largest absolute Gasteiger partial charge is 0.335 e. The highest BCUT2D eigenvalue weighted by molar-refractivity contribution is 6.30. The summed E-state index contributed by atoms with van der Waals surface area (Å²) in [4.78, 5) is 37.3. The second-order valence-electron chi connectivity index (χ2n) is 4.99. The van der Waals surface area contributed by atoms with Crippen molar-refractivity contribution in [3.63, 3.8) is 0 Å². The highest BCUT2D eigenvalue weighted by Crippen LogP contribution is 2.45. The molecule has 1 heterocycles. The lowest BCUT2D eigenvalue weighted by atomic mass is 9.66.